The normalized spacial score (nSPS) is 17.1. The first-order chi connectivity index (χ1) is 29.1. The Morgan fingerprint density at radius 1 is 1.00 bits per heavy atom. The van der Waals surface area contributed by atoms with Gasteiger partial charge in [-0.1, -0.05) is 35.9 Å². The Morgan fingerprint density at radius 2 is 1.82 bits per heavy atom. The molecular weight excluding hydrogens is 802 g/mol. The van der Waals surface area contributed by atoms with E-state index < -0.39 is 0 Å². The first kappa shape index (κ1) is 40.3. The number of thiophene rings is 1. The van der Waals surface area contributed by atoms with E-state index in [1.165, 1.54) is 10.4 Å². The number of fused-ring (bicyclic) bond motifs is 3. The molecule has 3 amide bonds. The molecule has 1 fully saturated rings. The third-order valence-electron chi connectivity index (χ3n) is 10.8. The molecular formula is C43H42ClN11O4S. The van der Waals surface area contributed by atoms with Crippen LogP contribution < -0.4 is 20.7 Å². The molecule has 0 bridgehead atoms. The molecule has 0 saturated heterocycles. The van der Waals surface area contributed by atoms with Gasteiger partial charge in [-0.15, -0.1) is 26.6 Å². The van der Waals surface area contributed by atoms with Crippen molar-refractivity contribution < 1.29 is 18.7 Å². The number of carbonyl (C=O) groups is 2. The molecule has 15 nitrogen and oxygen atoms in total. The van der Waals surface area contributed by atoms with Gasteiger partial charge in [-0.2, -0.15) is 10.4 Å². The molecule has 1 aliphatic carbocycles. The molecule has 60 heavy (non-hydrogen) atoms. The molecule has 3 N–H and O–H groups in total. The number of nitrogens with one attached hydrogen (secondary N) is 3. The Kier molecular flexibility index (Phi) is 12.0. The van der Waals surface area contributed by atoms with E-state index in [0.29, 0.717) is 47.3 Å². The average Bonchev–Trinajstić information content (AvgIpc) is 3.96. The van der Waals surface area contributed by atoms with Gasteiger partial charge in [0.1, 0.15) is 34.9 Å². The summed E-state index contributed by atoms with van der Waals surface area (Å²) in [6, 6.07) is 18.0. The van der Waals surface area contributed by atoms with Crippen LogP contribution in [0.2, 0.25) is 5.02 Å². The molecule has 306 valence electrons. The van der Waals surface area contributed by atoms with Gasteiger partial charge in [0, 0.05) is 34.7 Å². The molecule has 0 unspecified atom stereocenters. The number of oxazole rings is 1. The molecule has 1 aliphatic heterocycles. The molecule has 17 heteroatoms. The van der Waals surface area contributed by atoms with Crippen LogP contribution in [0.3, 0.4) is 0 Å². The maximum atomic E-state index is 12.9. The average molecular weight is 844 g/mol. The van der Waals surface area contributed by atoms with Crippen molar-refractivity contribution in [3.05, 3.63) is 134 Å². The highest BCUT2D eigenvalue weighted by atomic mass is 35.5. The molecule has 2 aromatic carbocycles. The van der Waals surface area contributed by atoms with Crippen molar-refractivity contribution in [1.29, 1.82) is 5.26 Å². The van der Waals surface area contributed by atoms with Gasteiger partial charge in [-0.05, 0) is 88.3 Å². The van der Waals surface area contributed by atoms with E-state index in [4.69, 9.17) is 31.0 Å². The van der Waals surface area contributed by atoms with Gasteiger partial charge in [0.25, 0.3) is 5.91 Å². The lowest BCUT2D eigenvalue weighted by Gasteiger charge is -2.29. The minimum Gasteiger partial charge on any atom is -0.490 e. The first-order valence-corrected chi connectivity index (χ1v) is 20.9. The highest BCUT2D eigenvalue weighted by molar-refractivity contribution is 7.15. The lowest BCUT2D eigenvalue weighted by molar-refractivity contribution is 0.0888. The number of halogens is 1. The second-order valence-corrected chi connectivity index (χ2v) is 16.4. The highest BCUT2D eigenvalue weighted by Gasteiger charge is 2.32. The number of aliphatic imine (C=N–C) groups is 1. The van der Waals surface area contributed by atoms with E-state index >= 15 is 0 Å². The largest absolute Gasteiger partial charge is 0.490 e. The minimum atomic E-state index is -0.350. The number of nitriles is 1. The van der Waals surface area contributed by atoms with Gasteiger partial charge < -0.3 is 25.1 Å². The fraction of sp³-hybridized carbons (Fsp3) is 0.326. The Bertz CT molecular complexity index is 2570. The molecule has 1 atom stereocenters. The monoisotopic (exact) mass is 843 g/mol. The predicted octanol–water partition coefficient (Wildman–Crippen LogP) is 6.85. The molecule has 4 aromatic heterocycles. The number of rotatable bonds is 12. The van der Waals surface area contributed by atoms with E-state index in [9.17, 15) is 9.59 Å². The maximum absolute atomic E-state index is 12.9. The number of aryl methyl sites for hydroxylation is 2. The number of carbonyl (C=O) groups excluding carboxylic acids is 2. The van der Waals surface area contributed by atoms with Gasteiger partial charge in [-0.3, -0.25) is 14.4 Å². The second kappa shape index (κ2) is 17.8. The summed E-state index contributed by atoms with van der Waals surface area (Å²) in [4.78, 5) is 36.4. The molecule has 1 saturated carbocycles. The summed E-state index contributed by atoms with van der Waals surface area (Å²) in [5.74, 6) is 2.45. The van der Waals surface area contributed by atoms with Crippen LogP contribution in [0, 0.1) is 32.1 Å². The Hall–Kier alpha value is -6.44. The lowest BCUT2D eigenvalue weighted by atomic mass is 9.93. The van der Waals surface area contributed by atoms with Crippen molar-refractivity contribution in [2.45, 2.75) is 84.0 Å². The number of aromatic nitrogens is 6. The van der Waals surface area contributed by atoms with Crippen molar-refractivity contribution in [2.75, 3.05) is 6.54 Å². The zero-order valence-electron chi connectivity index (χ0n) is 33.2. The fourth-order valence-electron chi connectivity index (χ4n) is 7.44. The SMILES string of the molecule is Cc1sc2c(c1C)C(c1ccc(CCNC(=O)NCc3ccc(C(=O)NC4CCC(Oc5ccc(C#N)c(Cl)c5)CC4)nn3)cc1)=N[C@@H](Cc1ncco1)c1nnc(C)n1-2. The van der Waals surface area contributed by atoms with Gasteiger partial charge in [0.05, 0.1) is 47.3 Å². The van der Waals surface area contributed by atoms with Crippen molar-refractivity contribution in [2.24, 2.45) is 4.99 Å². The van der Waals surface area contributed by atoms with Crippen molar-refractivity contribution in [1.82, 2.24) is 45.9 Å². The summed E-state index contributed by atoms with van der Waals surface area (Å²) in [7, 11) is 0. The van der Waals surface area contributed by atoms with Crippen LogP contribution >= 0.6 is 22.9 Å². The Morgan fingerprint density at radius 3 is 2.53 bits per heavy atom. The summed E-state index contributed by atoms with van der Waals surface area (Å²) in [6.45, 7) is 6.79. The van der Waals surface area contributed by atoms with Gasteiger partial charge in [0.15, 0.2) is 17.4 Å². The molecule has 2 aliphatic rings. The quantitative estimate of drug-likeness (QED) is 0.117. The second-order valence-electron chi connectivity index (χ2n) is 14.8. The number of amides is 3. The van der Waals surface area contributed by atoms with E-state index in [0.717, 1.165) is 64.7 Å². The number of hydrogen-bond acceptors (Lipinski definition) is 12. The third-order valence-corrected chi connectivity index (χ3v) is 12.3. The Labute approximate surface area is 355 Å². The number of hydrogen-bond donors (Lipinski definition) is 3. The van der Waals surface area contributed by atoms with Gasteiger partial charge in [-0.25, -0.2) is 9.78 Å². The van der Waals surface area contributed by atoms with Crippen LogP contribution in [0.5, 0.6) is 5.75 Å². The standard InChI is InChI=1S/C43H42ClN11O4S/c1-24-25(2)60-42-38(24)39(50-36(21-37-46-18-19-58-37)40-54-51-26(3)55(40)42)28-6-4-27(5-7-28)16-17-47-43(57)48-23-31-11-15-35(53-52-31)41(56)49-30-9-13-32(14-10-30)59-33-12-8-29(22-45)34(44)20-33/h4-8,11-12,15,18-20,30,32,36H,9-10,13-14,16-17,21,23H2,1-3H3,(H,49,56)(H2,47,48,57)/t30?,32?,36-/m0/s1. The van der Waals surface area contributed by atoms with E-state index in [1.54, 1.807) is 54.1 Å². The number of nitrogens with zero attached hydrogens (tertiary/aromatic N) is 8. The van der Waals surface area contributed by atoms with E-state index in [2.05, 4.69) is 84.0 Å². The van der Waals surface area contributed by atoms with Crippen LogP contribution in [-0.4, -0.2) is 66.3 Å². The molecule has 8 rings (SSSR count). The number of benzene rings is 2. The summed E-state index contributed by atoms with van der Waals surface area (Å²) >= 11 is 7.85. The van der Waals surface area contributed by atoms with E-state index in [1.807, 2.05) is 13.0 Å². The summed E-state index contributed by atoms with van der Waals surface area (Å²) in [6.07, 6.45) is 7.29. The summed E-state index contributed by atoms with van der Waals surface area (Å²) in [5.41, 5.74) is 6.29. The van der Waals surface area contributed by atoms with Crippen LogP contribution in [-0.2, 0) is 19.4 Å². The zero-order chi connectivity index (χ0) is 41.8. The van der Waals surface area contributed by atoms with Crippen molar-refractivity contribution >= 4 is 40.6 Å². The predicted molar refractivity (Wildman–Crippen MR) is 225 cm³/mol. The third kappa shape index (κ3) is 8.92. The molecule has 0 radical (unpaired) electrons. The van der Waals surface area contributed by atoms with Crippen LogP contribution in [0.15, 0.2) is 76.5 Å². The number of ether oxygens (including phenoxy) is 1. The first-order valence-electron chi connectivity index (χ1n) is 19.7. The topological polar surface area (TPSA) is 198 Å². The summed E-state index contributed by atoms with van der Waals surface area (Å²) in [5, 5.41) is 36.5. The molecule has 0 spiro atoms. The lowest BCUT2D eigenvalue weighted by Crippen LogP contribution is -2.40. The molecule has 5 heterocycles. The zero-order valence-corrected chi connectivity index (χ0v) is 34.8. The molecule has 6 aromatic rings. The maximum Gasteiger partial charge on any atom is 0.315 e. The summed E-state index contributed by atoms with van der Waals surface area (Å²) < 4.78 is 13.8. The fourth-order valence-corrected chi connectivity index (χ4v) is 8.87. The van der Waals surface area contributed by atoms with Crippen LogP contribution in [0.25, 0.3) is 5.00 Å². The van der Waals surface area contributed by atoms with Crippen LogP contribution in [0.1, 0.15) is 98.1 Å². The van der Waals surface area contributed by atoms with Crippen molar-refractivity contribution in [3.63, 3.8) is 0 Å². The van der Waals surface area contributed by atoms with Gasteiger partial charge in [0.2, 0.25) is 0 Å². The Balaban J connectivity index is 0.803. The highest BCUT2D eigenvalue weighted by Crippen LogP contribution is 2.39. The minimum absolute atomic E-state index is 0.00323. The number of urea groups is 1. The van der Waals surface area contributed by atoms with Crippen molar-refractivity contribution in [3.8, 4) is 16.8 Å². The van der Waals surface area contributed by atoms with Crippen LogP contribution in [0.4, 0.5) is 4.79 Å². The van der Waals surface area contributed by atoms with Gasteiger partial charge >= 0.3 is 6.03 Å². The van der Waals surface area contributed by atoms with E-state index in [-0.39, 0.29) is 42.4 Å². The smallest absolute Gasteiger partial charge is 0.315 e.